The van der Waals surface area contributed by atoms with Gasteiger partial charge in [0.15, 0.2) is 11.6 Å². The lowest BCUT2D eigenvalue weighted by atomic mass is 9.84. The number of nitrogens with zero attached hydrogens (tertiary/aromatic N) is 4. The van der Waals surface area contributed by atoms with Crippen LogP contribution in [0.15, 0.2) is 68.8 Å². The number of unbranched alkanes of at least 4 members (excludes halogenated alkanes) is 1. The number of aliphatic imine (C=N–C) groups is 2. The van der Waals surface area contributed by atoms with Crippen LogP contribution in [-0.4, -0.2) is 81.4 Å². The zero-order valence-electron chi connectivity index (χ0n) is 33.4. The monoisotopic (exact) mass is 743 g/mol. The fourth-order valence-electron chi connectivity index (χ4n) is 6.45. The molecule has 2 heterocycles. The molecule has 2 atom stereocenters. The zero-order valence-corrected chi connectivity index (χ0v) is 33.4. The molecule has 0 aromatic carbocycles. The summed E-state index contributed by atoms with van der Waals surface area (Å²) in [4.78, 5) is 93.8. The van der Waals surface area contributed by atoms with Gasteiger partial charge in [0.1, 0.15) is 11.8 Å². The van der Waals surface area contributed by atoms with Crippen molar-refractivity contribution in [2.24, 2.45) is 21.8 Å². The average Bonchev–Trinajstić information content (AvgIpc) is 3.60. The van der Waals surface area contributed by atoms with E-state index in [-0.39, 0.29) is 54.1 Å². The van der Waals surface area contributed by atoms with E-state index in [1.807, 2.05) is 39.8 Å². The Balaban J connectivity index is 1.85. The second-order valence-electron chi connectivity index (χ2n) is 15.1. The summed E-state index contributed by atoms with van der Waals surface area (Å²) in [6.45, 7) is 16.4. The van der Waals surface area contributed by atoms with Crippen LogP contribution in [-0.2, 0) is 35.1 Å². The molecular formula is C42H57N5O7. The lowest BCUT2D eigenvalue weighted by Crippen LogP contribution is -2.44. The van der Waals surface area contributed by atoms with Gasteiger partial charge >= 0.3 is 6.09 Å². The Labute approximate surface area is 319 Å². The van der Waals surface area contributed by atoms with Gasteiger partial charge in [-0.15, -0.1) is 0 Å². The summed E-state index contributed by atoms with van der Waals surface area (Å²) >= 11 is 0. The smallest absolute Gasteiger partial charge is 0.434 e. The van der Waals surface area contributed by atoms with Crippen LogP contribution in [0.2, 0.25) is 0 Å². The van der Waals surface area contributed by atoms with Crippen LogP contribution in [0, 0.1) is 11.8 Å². The van der Waals surface area contributed by atoms with Crippen molar-refractivity contribution in [3.05, 3.63) is 64.5 Å². The minimum atomic E-state index is -0.861. The number of likely N-dealkylation sites (tertiary alicyclic amines) is 1. The normalized spacial score (nSPS) is 17.8. The number of amides is 4. The van der Waals surface area contributed by atoms with E-state index in [1.165, 1.54) is 4.90 Å². The summed E-state index contributed by atoms with van der Waals surface area (Å²) in [6.07, 6.45) is 7.23. The molecule has 1 aromatic heterocycles. The summed E-state index contributed by atoms with van der Waals surface area (Å²) < 4.78 is 5.23. The van der Waals surface area contributed by atoms with E-state index >= 15 is 0 Å². The zero-order chi connectivity index (χ0) is 40.1. The number of hydrogen-bond acceptors (Lipinski definition) is 8. The van der Waals surface area contributed by atoms with Gasteiger partial charge in [-0.25, -0.2) is 9.79 Å². The number of nitrogens with one attached hydrogen (secondary N) is 1. The second kappa shape index (κ2) is 20.5. The standard InChI is InChI=1S/C42H57N5O7/c1-25(2)23-33(45-42(53)54-27(5)6)20-19-31(24-32-15-12-13-21-43-32)41(52)47-22-14-18-36(47)40(51)46-35(39(50)44-26(3)4)17-11-10-16-34-30(9)37(48)28(7)29(8)38(34)49/h12-13,15,19-21,25-27,31,36H,10-11,14,16-18,22-24H2,1-9H3,(H,44,50)/b20-19+,45-33?,46-35?/t31-,36+/m1/s1. The third kappa shape index (κ3) is 12.6. The Morgan fingerprint density at radius 1 is 0.963 bits per heavy atom. The van der Waals surface area contributed by atoms with Crippen molar-refractivity contribution in [2.75, 3.05) is 6.54 Å². The third-order valence-corrected chi connectivity index (χ3v) is 9.33. The molecule has 0 spiro atoms. The van der Waals surface area contributed by atoms with E-state index in [0.717, 1.165) is 0 Å². The van der Waals surface area contributed by atoms with Gasteiger partial charge in [0.05, 0.1) is 12.0 Å². The first-order valence-electron chi connectivity index (χ1n) is 19.1. The Morgan fingerprint density at radius 3 is 2.30 bits per heavy atom. The number of carbonyl (C=O) groups excluding carboxylic acids is 6. The van der Waals surface area contributed by atoms with Crippen molar-refractivity contribution in [3.8, 4) is 0 Å². The van der Waals surface area contributed by atoms with Gasteiger partial charge in [0, 0.05) is 58.9 Å². The highest BCUT2D eigenvalue weighted by Crippen LogP contribution is 2.28. The van der Waals surface area contributed by atoms with E-state index in [2.05, 4.69) is 20.3 Å². The molecule has 1 aliphatic carbocycles. The molecule has 1 fully saturated rings. The quantitative estimate of drug-likeness (QED) is 0.111. The van der Waals surface area contributed by atoms with Gasteiger partial charge in [0.25, 0.3) is 11.8 Å². The lowest BCUT2D eigenvalue weighted by Gasteiger charge is -2.26. The first-order valence-corrected chi connectivity index (χ1v) is 19.1. The summed E-state index contributed by atoms with van der Waals surface area (Å²) in [5.74, 6) is -2.14. The maximum absolute atomic E-state index is 14.3. The molecule has 292 valence electrons. The summed E-state index contributed by atoms with van der Waals surface area (Å²) in [6, 6.07) is 4.39. The minimum absolute atomic E-state index is 0.0597. The van der Waals surface area contributed by atoms with E-state index in [9.17, 15) is 28.8 Å². The number of ketones is 2. The van der Waals surface area contributed by atoms with Gasteiger partial charge in [0.2, 0.25) is 5.91 Å². The van der Waals surface area contributed by atoms with Gasteiger partial charge in [-0.1, -0.05) is 26.0 Å². The molecule has 0 unspecified atom stereocenters. The summed E-state index contributed by atoms with van der Waals surface area (Å²) in [5, 5.41) is 2.83. The number of Topliss-reactive ketones (excluding diaryl/α,β-unsaturated/α-hetero) is 2. The molecule has 54 heavy (non-hydrogen) atoms. The van der Waals surface area contributed by atoms with E-state index < -0.39 is 29.9 Å². The summed E-state index contributed by atoms with van der Waals surface area (Å²) in [7, 11) is 0. The molecule has 0 radical (unpaired) electrons. The molecule has 1 aliphatic heterocycles. The van der Waals surface area contributed by atoms with Crippen LogP contribution >= 0.6 is 0 Å². The molecule has 0 saturated carbocycles. The maximum atomic E-state index is 14.3. The molecule has 2 aliphatic rings. The lowest BCUT2D eigenvalue weighted by molar-refractivity contribution is -0.139. The predicted octanol–water partition coefficient (Wildman–Crippen LogP) is 6.68. The Morgan fingerprint density at radius 2 is 1.67 bits per heavy atom. The molecule has 12 heteroatoms. The largest absolute Gasteiger partial charge is 0.445 e. The van der Waals surface area contributed by atoms with Crippen LogP contribution in [0.5, 0.6) is 0 Å². The number of pyridine rings is 1. The first kappa shape index (κ1) is 43.5. The molecule has 12 nitrogen and oxygen atoms in total. The van der Waals surface area contributed by atoms with E-state index in [0.29, 0.717) is 78.8 Å². The van der Waals surface area contributed by atoms with Crippen molar-refractivity contribution < 1.29 is 33.5 Å². The number of carbonyl (C=O) groups is 6. The number of hydrogen-bond donors (Lipinski definition) is 1. The molecule has 1 saturated heterocycles. The van der Waals surface area contributed by atoms with Gasteiger partial charge in [-0.2, -0.15) is 4.99 Å². The van der Waals surface area contributed by atoms with Crippen LogP contribution in [0.3, 0.4) is 0 Å². The SMILES string of the molecule is CC1=C(C)C(=O)C(CCCCC(=NC(=O)[C@@H]2CCCN2C(=O)[C@H](/C=C/C(CC(C)C)=NC(=O)OC(C)C)Cc2ccccn2)C(=O)NC(C)C)=C(C)C1=O. The topological polar surface area (TPSA) is 165 Å². The first-order chi connectivity index (χ1) is 25.5. The highest BCUT2D eigenvalue weighted by molar-refractivity contribution is 6.40. The Kier molecular flexibility index (Phi) is 16.6. The molecule has 4 amide bonds. The van der Waals surface area contributed by atoms with E-state index in [1.54, 1.807) is 59.0 Å². The Bertz CT molecular complexity index is 1730. The van der Waals surface area contributed by atoms with Crippen LogP contribution in [0.25, 0.3) is 0 Å². The second-order valence-corrected chi connectivity index (χ2v) is 15.1. The molecule has 0 bridgehead atoms. The minimum Gasteiger partial charge on any atom is -0.445 e. The third-order valence-electron chi connectivity index (χ3n) is 9.33. The highest BCUT2D eigenvalue weighted by Gasteiger charge is 2.37. The van der Waals surface area contributed by atoms with Crippen molar-refractivity contribution in [3.63, 3.8) is 0 Å². The van der Waals surface area contributed by atoms with Crippen molar-refractivity contribution in [2.45, 2.75) is 132 Å². The number of ether oxygens (including phenoxy) is 1. The number of aromatic nitrogens is 1. The molecular weight excluding hydrogens is 686 g/mol. The fraction of sp³-hybridized carbons (Fsp3) is 0.548. The van der Waals surface area contributed by atoms with Crippen molar-refractivity contribution in [1.82, 2.24) is 15.2 Å². The fourth-order valence-corrected chi connectivity index (χ4v) is 6.45. The average molecular weight is 744 g/mol. The van der Waals surface area contributed by atoms with Gasteiger partial charge in [-0.3, -0.25) is 29.0 Å². The number of allylic oxidation sites excluding steroid dienone is 5. The molecule has 3 rings (SSSR count). The van der Waals surface area contributed by atoms with Crippen LogP contribution in [0.4, 0.5) is 4.79 Å². The van der Waals surface area contributed by atoms with Crippen LogP contribution in [0.1, 0.15) is 113 Å². The van der Waals surface area contributed by atoms with E-state index in [4.69, 9.17) is 4.74 Å². The molecule has 1 N–H and O–H groups in total. The van der Waals surface area contributed by atoms with Crippen LogP contribution < -0.4 is 5.32 Å². The predicted molar refractivity (Wildman–Crippen MR) is 209 cm³/mol. The Hall–Kier alpha value is -4.87. The molecule has 1 aromatic rings. The highest BCUT2D eigenvalue weighted by atomic mass is 16.6. The van der Waals surface area contributed by atoms with Crippen molar-refractivity contribution >= 4 is 46.8 Å². The van der Waals surface area contributed by atoms with Gasteiger partial charge < -0.3 is 15.0 Å². The van der Waals surface area contributed by atoms with Crippen molar-refractivity contribution in [1.29, 1.82) is 0 Å². The number of rotatable bonds is 16. The van der Waals surface area contributed by atoms with Gasteiger partial charge in [-0.05, 0) is 118 Å². The maximum Gasteiger partial charge on any atom is 0.434 e. The summed E-state index contributed by atoms with van der Waals surface area (Å²) in [5.41, 5.74) is 3.06.